The summed E-state index contributed by atoms with van der Waals surface area (Å²) in [4.78, 5) is 10.3. The molecule has 0 heterocycles. The Kier molecular flexibility index (Phi) is 2.65. The smallest absolute Gasteiger partial charge is 0.134 e. The molecule has 0 aliphatic heterocycles. The largest absolute Gasteiger partial charge is 0.511 e. The van der Waals surface area contributed by atoms with Crippen molar-refractivity contribution < 1.29 is 9.90 Å². The van der Waals surface area contributed by atoms with Gasteiger partial charge in [-0.15, -0.1) is 0 Å². The first-order valence-electron chi connectivity index (χ1n) is 3.14. The average molecular weight is 215 g/mol. The number of allylic oxidation sites excluding steroid dienone is 5. The summed E-state index contributed by atoms with van der Waals surface area (Å²) >= 11 is 3.19. The van der Waals surface area contributed by atoms with Crippen LogP contribution in [-0.2, 0) is 4.79 Å². The summed E-state index contributed by atoms with van der Waals surface area (Å²) in [7, 11) is 0. The highest BCUT2D eigenvalue weighted by Crippen LogP contribution is 2.17. The van der Waals surface area contributed by atoms with Gasteiger partial charge in [-0.1, -0.05) is 28.1 Å². The van der Waals surface area contributed by atoms with Crippen LogP contribution in [-0.4, -0.2) is 11.4 Å². The first-order valence-corrected chi connectivity index (χ1v) is 3.93. The highest BCUT2D eigenvalue weighted by Gasteiger charge is 2.09. The van der Waals surface area contributed by atoms with Gasteiger partial charge in [-0.25, -0.2) is 0 Å². The van der Waals surface area contributed by atoms with Gasteiger partial charge >= 0.3 is 0 Å². The zero-order chi connectivity index (χ0) is 8.27. The Morgan fingerprint density at radius 3 is 3.00 bits per heavy atom. The van der Waals surface area contributed by atoms with Crippen LogP contribution in [0.25, 0.3) is 0 Å². The molecule has 0 fully saturated rings. The lowest BCUT2D eigenvalue weighted by molar-refractivity contribution is -0.109. The van der Waals surface area contributed by atoms with Gasteiger partial charge in [0.15, 0.2) is 0 Å². The fourth-order valence-corrected chi connectivity index (χ4v) is 1.15. The minimum atomic E-state index is -0.499. The van der Waals surface area contributed by atoms with E-state index in [4.69, 9.17) is 0 Å². The Balaban J connectivity index is 2.94. The summed E-state index contributed by atoms with van der Waals surface area (Å²) in [6.45, 7) is 0. The van der Waals surface area contributed by atoms with Crippen molar-refractivity contribution in [3.05, 3.63) is 34.5 Å². The third kappa shape index (κ3) is 2.05. The number of aldehydes is 1. The van der Waals surface area contributed by atoms with Crippen molar-refractivity contribution >= 4 is 22.2 Å². The van der Waals surface area contributed by atoms with Crippen LogP contribution in [0.5, 0.6) is 0 Å². The molecule has 0 spiro atoms. The van der Waals surface area contributed by atoms with Gasteiger partial charge in [0.1, 0.15) is 12.0 Å². The van der Waals surface area contributed by atoms with E-state index in [-0.39, 0.29) is 5.76 Å². The number of carbonyl (C=O) groups is 1. The predicted octanol–water partition coefficient (Wildman–Crippen LogP) is 2.09. The van der Waals surface area contributed by atoms with Gasteiger partial charge < -0.3 is 9.90 Å². The van der Waals surface area contributed by atoms with Crippen molar-refractivity contribution in [2.24, 2.45) is 5.92 Å². The van der Waals surface area contributed by atoms with Gasteiger partial charge in [0.2, 0.25) is 0 Å². The second kappa shape index (κ2) is 3.53. The average Bonchev–Trinajstić information content (AvgIpc) is 2.11. The molecule has 1 aliphatic rings. The molecule has 0 bridgehead atoms. The standard InChI is InChI=1S/C8H7BrO2/c9-7-3-1-2-6(5-10)8(11)4-7/h1-6,11H. The normalized spacial score (nSPS) is 23.5. The van der Waals surface area contributed by atoms with Crippen LogP contribution >= 0.6 is 15.9 Å². The molecule has 11 heavy (non-hydrogen) atoms. The summed E-state index contributed by atoms with van der Waals surface area (Å²) < 4.78 is 0.760. The summed E-state index contributed by atoms with van der Waals surface area (Å²) in [5.74, 6) is -0.432. The van der Waals surface area contributed by atoms with Crippen molar-refractivity contribution in [3.8, 4) is 0 Å². The monoisotopic (exact) mass is 214 g/mol. The maximum absolute atomic E-state index is 10.3. The van der Waals surface area contributed by atoms with Crippen LogP contribution in [0.4, 0.5) is 0 Å². The van der Waals surface area contributed by atoms with Crippen LogP contribution in [0.15, 0.2) is 34.5 Å². The summed E-state index contributed by atoms with van der Waals surface area (Å²) in [5, 5.41) is 9.23. The van der Waals surface area contributed by atoms with Crippen LogP contribution in [0, 0.1) is 5.92 Å². The van der Waals surface area contributed by atoms with E-state index in [1.807, 2.05) is 0 Å². The number of hydrogen-bond donors (Lipinski definition) is 1. The first-order chi connectivity index (χ1) is 5.24. The van der Waals surface area contributed by atoms with Gasteiger partial charge in [0, 0.05) is 4.48 Å². The molecule has 0 aromatic heterocycles. The minimum Gasteiger partial charge on any atom is -0.511 e. The zero-order valence-electron chi connectivity index (χ0n) is 5.70. The third-order valence-electron chi connectivity index (χ3n) is 1.35. The van der Waals surface area contributed by atoms with Gasteiger partial charge in [-0.3, -0.25) is 0 Å². The van der Waals surface area contributed by atoms with E-state index in [1.54, 1.807) is 18.2 Å². The molecule has 1 unspecified atom stereocenters. The third-order valence-corrected chi connectivity index (χ3v) is 1.84. The predicted molar refractivity (Wildman–Crippen MR) is 46.4 cm³/mol. The van der Waals surface area contributed by atoms with Crippen molar-refractivity contribution in [3.63, 3.8) is 0 Å². The molecule has 1 N–H and O–H groups in total. The molecule has 1 rings (SSSR count). The van der Waals surface area contributed by atoms with Crippen LogP contribution in [0.3, 0.4) is 0 Å². The molecule has 0 aromatic rings. The zero-order valence-corrected chi connectivity index (χ0v) is 7.28. The molecular weight excluding hydrogens is 208 g/mol. The molecule has 1 aliphatic carbocycles. The Bertz CT molecular complexity index is 251. The SMILES string of the molecule is O=CC1C=CC=C(Br)C=C1O. The van der Waals surface area contributed by atoms with Gasteiger partial charge in [0.05, 0.1) is 5.92 Å². The molecule has 0 amide bonds. The summed E-state index contributed by atoms with van der Waals surface area (Å²) in [5.41, 5.74) is 0. The quantitative estimate of drug-likeness (QED) is 0.680. The maximum atomic E-state index is 10.3. The summed E-state index contributed by atoms with van der Waals surface area (Å²) in [6.07, 6.45) is 7.33. The molecule has 0 aromatic carbocycles. The van der Waals surface area contributed by atoms with Crippen LogP contribution < -0.4 is 0 Å². The number of aliphatic hydroxyl groups is 1. The van der Waals surface area contributed by atoms with Gasteiger partial charge in [-0.2, -0.15) is 0 Å². The lowest BCUT2D eigenvalue weighted by atomic mass is 10.1. The van der Waals surface area contributed by atoms with E-state index in [0.717, 1.165) is 4.48 Å². The number of halogens is 1. The number of aliphatic hydroxyl groups excluding tert-OH is 1. The Hall–Kier alpha value is -0.830. The van der Waals surface area contributed by atoms with Crippen molar-refractivity contribution in [2.45, 2.75) is 0 Å². The lowest BCUT2D eigenvalue weighted by Gasteiger charge is -2.00. The minimum absolute atomic E-state index is 0.0666. The second-order valence-electron chi connectivity index (χ2n) is 2.17. The highest BCUT2D eigenvalue weighted by molar-refractivity contribution is 9.11. The fraction of sp³-hybridized carbons (Fsp3) is 0.125. The number of rotatable bonds is 1. The Morgan fingerprint density at radius 1 is 1.64 bits per heavy atom. The Labute approximate surface area is 73.0 Å². The fourth-order valence-electron chi connectivity index (χ4n) is 0.766. The van der Waals surface area contributed by atoms with E-state index in [9.17, 15) is 9.90 Å². The first kappa shape index (κ1) is 8.27. The Morgan fingerprint density at radius 2 is 2.36 bits per heavy atom. The number of carbonyl (C=O) groups excluding carboxylic acids is 1. The topological polar surface area (TPSA) is 37.3 Å². The van der Waals surface area contributed by atoms with Crippen molar-refractivity contribution in [2.75, 3.05) is 0 Å². The molecule has 0 saturated carbocycles. The molecule has 0 radical (unpaired) electrons. The summed E-state index contributed by atoms with van der Waals surface area (Å²) in [6, 6.07) is 0. The molecule has 58 valence electrons. The maximum Gasteiger partial charge on any atom is 0.134 e. The number of hydrogen-bond acceptors (Lipinski definition) is 2. The van der Waals surface area contributed by atoms with E-state index in [1.165, 1.54) is 6.08 Å². The van der Waals surface area contributed by atoms with Crippen LogP contribution in [0.1, 0.15) is 0 Å². The second-order valence-corrected chi connectivity index (χ2v) is 3.08. The van der Waals surface area contributed by atoms with E-state index in [2.05, 4.69) is 15.9 Å². The van der Waals surface area contributed by atoms with Crippen molar-refractivity contribution in [1.29, 1.82) is 0 Å². The lowest BCUT2D eigenvalue weighted by Crippen LogP contribution is -2.00. The van der Waals surface area contributed by atoms with Gasteiger partial charge in [-0.05, 0) is 12.2 Å². The molecule has 0 saturated heterocycles. The molecular formula is C8H7BrO2. The van der Waals surface area contributed by atoms with E-state index < -0.39 is 5.92 Å². The molecule has 2 nitrogen and oxygen atoms in total. The van der Waals surface area contributed by atoms with Gasteiger partial charge in [0.25, 0.3) is 0 Å². The van der Waals surface area contributed by atoms with Crippen molar-refractivity contribution in [1.82, 2.24) is 0 Å². The van der Waals surface area contributed by atoms with Crippen LogP contribution in [0.2, 0.25) is 0 Å². The van der Waals surface area contributed by atoms with E-state index in [0.29, 0.717) is 6.29 Å². The van der Waals surface area contributed by atoms with E-state index >= 15 is 0 Å². The molecule has 1 atom stereocenters. The molecule has 3 heteroatoms. The highest BCUT2D eigenvalue weighted by atomic mass is 79.9.